The Morgan fingerprint density at radius 2 is 1.95 bits per heavy atom. The topological polar surface area (TPSA) is 24.9 Å². The number of benzene rings is 1. The van der Waals surface area contributed by atoms with Crippen molar-refractivity contribution in [2.24, 2.45) is 0 Å². The van der Waals surface area contributed by atoms with Crippen LogP contribution in [-0.2, 0) is 12.7 Å². The van der Waals surface area contributed by atoms with E-state index in [4.69, 9.17) is 0 Å². The van der Waals surface area contributed by atoms with Crippen LogP contribution in [0.15, 0.2) is 30.5 Å². The monoisotopic (exact) mass is 300 g/mol. The standard InChI is InChI=1S/C14H15F3N2S/c1-9(2)18-7-10-8-19-13(20-10)11-5-3-4-6-12(11)14(15,16)17/h3-6,8-9,18H,7H2,1-2H3. The molecular weight excluding hydrogens is 285 g/mol. The van der Waals surface area contributed by atoms with Crippen molar-refractivity contribution in [3.63, 3.8) is 0 Å². The van der Waals surface area contributed by atoms with E-state index >= 15 is 0 Å². The number of rotatable bonds is 4. The van der Waals surface area contributed by atoms with Crippen LogP contribution < -0.4 is 5.32 Å². The van der Waals surface area contributed by atoms with Gasteiger partial charge in [-0.15, -0.1) is 11.3 Å². The summed E-state index contributed by atoms with van der Waals surface area (Å²) in [4.78, 5) is 5.04. The maximum Gasteiger partial charge on any atom is 0.417 e. The second-order valence-corrected chi connectivity index (χ2v) is 5.83. The lowest BCUT2D eigenvalue weighted by Crippen LogP contribution is -2.21. The Hall–Kier alpha value is -1.40. The minimum absolute atomic E-state index is 0.140. The number of nitrogens with one attached hydrogen (secondary N) is 1. The summed E-state index contributed by atoms with van der Waals surface area (Å²) in [6, 6.07) is 5.85. The number of thiazole rings is 1. The molecule has 2 aromatic rings. The molecular formula is C14H15F3N2S. The summed E-state index contributed by atoms with van der Waals surface area (Å²) in [5, 5.41) is 3.62. The Labute approximate surface area is 119 Å². The van der Waals surface area contributed by atoms with E-state index in [0.717, 1.165) is 10.9 Å². The molecule has 108 valence electrons. The van der Waals surface area contributed by atoms with E-state index in [1.807, 2.05) is 13.8 Å². The van der Waals surface area contributed by atoms with E-state index in [1.54, 1.807) is 12.3 Å². The number of alkyl halides is 3. The highest BCUT2D eigenvalue weighted by molar-refractivity contribution is 7.15. The van der Waals surface area contributed by atoms with Crippen LogP contribution in [0.2, 0.25) is 0 Å². The van der Waals surface area contributed by atoms with Crippen LogP contribution in [-0.4, -0.2) is 11.0 Å². The lowest BCUT2D eigenvalue weighted by Gasteiger charge is -2.10. The van der Waals surface area contributed by atoms with Gasteiger partial charge in [-0.3, -0.25) is 0 Å². The summed E-state index contributed by atoms with van der Waals surface area (Å²) in [7, 11) is 0. The second-order valence-electron chi connectivity index (χ2n) is 4.71. The van der Waals surface area contributed by atoms with Crippen LogP contribution in [0.5, 0.6) is 0 Å². The maximum atomic E-state index is 13.0. The summed E-state index contributed by atoms with van der Waals surface area (Å²) in [6.45, 7) is 4.64. The maximum absolute atomic E-state index is 13.0. The summed E-state index contributed by atoms with van der Waals surface area (Å²) in [5.41, 5.74) is -0.501. The van der Waals surface area contributed by atoms with Gasteiger partial charge in [-0.1, -0.05) is 32.0 Å². The quantitative estimate of drug-likeness (QED) is 0.909. The van der Waals surface area contributed by atoms with Gasteiger partial charge in [0.05, 0.1) is 5.56 Å². The average molecular weight is 300 g/mol. The van der Waals surface area contributed by atoms with E-state index in [9.17, 15) is 13.2 Å². The van der Waals surface area contributed by atoms with Crippen LogP contribution in [0.3, 0.4) is 0 Å². The largest absolute Gasteiger partial charge is 0.417 e. The Morgan fingerprint density at radius 1 is 1.25 bits per heavy atom. The molecule has 1 aromatic heterocycles. The van der Waals surface area contributed by atoms with Gasteiger partial charge in [0, 0.05) is 29.2 Å². The summed E-state index contributed by atoms with van der Waals surface area (Å²) >= 11 is 1.28. The molecule has 0 radical (unpaired) electrons. The molecule has 0 saturated heterocycles. The first-order chi connectivity index (χ1) is 9.38. The third-order valence-electron chi connectivity index (χ3n) is 2.70. The Morgan fingerprint density at radius 3 is 2.60 bits per heavy atom. The van der Waals surface area contributed by atoms with Gasteiger partial charge in [0.15, 0.2) is 0 Å². The minimum atomic E-state index is -4.36. The van der Waals surface area contributed by atoms with Crippen LogP contribution in [0, 0.1) is 0 Å². The molecule has 0 aliphatic carbocycles. The van der Waals surface area contributed by atoms with Crippen LogP contribution in [0.4, 0.5) is 13.2 Å². The van der Waals surface area contributed by atoms with Crippen molar-refractivity contribution in [1.82, 2.24) is 10.3 Å². The van der Waals surface area contributed by atoms with E-state index in [0.29, 0.717) is 17.6 Å². The minimum Gasteiger partial charge on any atom is -0.310 e. The third kappa shape index (κ3) is 3.58. The van der Waals surface area contributed by atoms with Crippen molar-refractivity contribution < 1.29 is 13.2 Å². The van der Waals surface area contributed by atoms with Crippen molar-refractivity contribution in [2.45, 2.75) is 32.6 Å². The molecule has 0 unspecified atom stereocenters. The highest BCUT2D eigenvalue weighted by atomic mass is 32.1. The molecule has 0 amide bonds. The molecule has 0 aliphatic heterocycles. The molecule has 0 atom stereocenters. The highest BCUT2D eigenvalue weighted by Gasteiger charge is 2.33. The van der Waals surface area contributed by atoms with Gasteiger partial charge in [-0.25, -0.2) is 4.98 Å². The summed E-state index contributed by atoms with van der Waals surface area (Å²) < 4.78 is 38.9. The predicted octanol–water partition coefficient (Wildman–Crippen LogP) is 4.33. The Balaban J connectivity index is 2.29. The van der Waals surface area contributed by atoms with Gasteiger partial charge in [-0.05, 0) is 6.07 Å². The van der Waals surface area contributed by atoms with Crippen LogP contribution in [0.25, 0.3) is 10.6 Å². The molecule has 1 heterocycles. The zero-order valence-electron chi connectivity index (χ0n) is 11.2. The molecule has 6 heteroatoms. The lowest BCUT2D eigenvalue weighted by molar-refractivity contribution is -0.137. The van der Waals surface area contributed by atoms with Gasteiger partial charge >= 0.3 is 6.18 Å². The van der Waals surface area contributed by atoms with Crippen molar-refractivity contribution >= 4 is 11.3 Å². The van der Waals surface area contributed by atoms with Gasteiger partial charge < -0.3 is 5.32 Å². The van der Waals surface area contributed by atoms with Gasteiger partial charge in [-0.2, -0.15) is 13.2 Å². The van der Waals surface area contributed by atoms with Crippen LogP contribution >= 0.6 is 11.3 Å². The molecule has 1 aromatic carbocycles. The molecule has 0 bridgehead atoms. The number of aromatic nitrogens is 1. The number of nitrogens with zero attached hydrogens (tertiary/aromatic N) is 1. The van der Waals surface area contributed by atoms with E-state index in [1.165, 1.54) is 23.5 Å². The highest BCUT2D eigenvalue weighted by Crippen LogP contribution is 2.38. The number of hydrogen-bond donors (Lipinski definition) is 1. The van der Waals surface area contributed by atoms with Gasteiger partial charge in [0.25, 0.3) is 0 Å². The molecule has 20 heavy (non-hydrogen) atoms. The van der Waals surface area contributed by atoms with E-state index in [-0.39, 0.29) is 5.56 Å². The molecule has 1 N–H and O–H groups in total. The van der Waals surface area contributed by atoms with Gasteiger partial charge in [0.2, 0.25) is 0 Å². The fourth-order valence-electron chi connectivity index (χ4n) is 1.74. The number of halogens is 3. The fraction of sp³-hybridized carbons (Fsp3) is 0.357. The molecule has 2 rings (SSSR count). The summed E-state index contributed by atoms with van der Waals surface area (Å²) in [5.74, 6) is 0. The Kier molecular flexibility index (Phi) is 4.45. The average Bonchev–Trinajstić information content (AvgIpc) is 2.84. The first-order valence-corrected chi connectivity index (χ1v) is 7.04. The van der Waals surface area contributed by atoms with Crippen molar-refractivity contribution in [2.75, 3.05) is 0 Å². The van der Waals surface area contributed by atoms with E-state index in [2.05, 4.69) is 10.3 Å². The fourth-order valence-corrected chi connectivity index (χ4v) is 2.64. The van der Waals surface area contributed by atoms with Gasteiger partial charge in [0.1, 0.15) is 5.01 Å². The van der Waals surface area contributed by atoms with Crippen LogP contribution in [0.1, 0.15) is 24.3 Å². The second kappa shape index (κ2) is 5.93. The third-order valence-corrected chi connectivity index (χ3v) is 3.73. The molecule has 0 spiro atoms. The molecule has 0 aliphatic rings. The van der Waals surface area contributed by atoms with Crippen molar-refractivity contribution in [3.05, 3.63) is 40.9 Å². The first kappa shape index (κ1) is 15.0. The smallest absolute Gasteiger partial charge is 0.310 e. The number of hydrogen-bond acceptors (Lipinski definition) is 3. The molecule has 2 nitrogen and oxygen atoms in total. The van der Waals surface area contributed by atoms with E-state index < -0.39 is 11.7 Å². The predicted molar refractivity (Wildman–Crippen MR) is 74.5 cm³/mol. The van der Waals surface area contributed by atoms with Crippen molar-refractivity contribution in [1.29, 1.82) is 0 Å². The summed E-state index contributed by atoms with van der Waals surface area (Å²) in [6.07, 6.45) is -2.73. The molecule has 0 saturated carbocycles. The molecule has 0 fully saturated rings. The zero-order chi connectivity index (χ0) is 14.8. The normalized spacial score (nSPS) is 12.1. The zero-order valence-corrected chi connectivity index (χ0v) is 12.0. The first-order valence-electron chi connectivity index (χ1n) is 6.22. The lowest BCUT2D eigenvalue weighted by atomic mass is 10.1. The Bertz CT molecular complexity index is 576. The van der Waals surface area contributed by atoms with Crippen molar-refractivity contribution in [3.8, 4) is 10.6 Å². The SMILES string of the molecule is CC(C)NCc1cnc(-c2ccccc2C(F)(F)F)s1.